The second-order valence-corrected chi connectivity index (χ2v) is 5.20. The Morgan fingerprint density at radius 3 is 2.52 bits per heavy atom. The number of hydrogen-bond acceptors (Lipinski definition) is 4. The molecule has 0 aromatic carbocycles. The number of aryl methyl sites for hydroxylation is 3. The van der Waals surface area contributed by atoms with E-state index >= 15 is 0 Å². The molecule has 116 valence electrons. The highest BCUT2D eigenvalue weighted by Gasteiger charge is 2.18. The molecule has 0 amide bonds. The molecule has 6 nitrogen and oxygen atoms in total. The SMILES string of the molecule is CCc1nc(C)c(-c2nccn2CCCN)n1CCCN. The van der Waals surface area contributed by atoms with E-state index in [1.165, 1.54) is 0 Å². The van der Waals surface area contributed by atoms with Gasteiger partial charge in [0, 0.05) is 31.9 Å². The van der Waals surface area contributed by atoms with Crippen molar-refractivity contribution in [2.75, 3.05) is 13.1 Å². The van der Waals surface area contributed by atoms with Crippen LogP contribution in [0.15, 0.2) is 12.4 Å². The van der Waals surface area contributed by atoms with Crippen molar-refractivity contribution < 1.29 is 0 Å². The second-order valence-electron chi connectivity index (χ2n) is 5.20. The largest absolute Gasteiger partial charge is 0.330 e. The van der Waals surface area contributed by atoms with Gasteiger partial charge >= 0.3 is 0 Å². The molecule has 0 bridgehead atoms. The summed E-state index contributed by atoms with van der Waals surface area (Å²) in [6, 6.07) is 0. The highest BCUT2D eigenvalue weighted by Crippen LogP contribution is 2.24. The van der Waals surface area contributed by atoms with Crippen LogP contribution in [0.5, 0.6) is 0 Å². The number of hydrogen-bond donors (Lipinski definition) is 2. The fourth-order valence-corrected chi connectivity index (χ4v) is 2.64. The zero-order valence-corrected chi connectivity index (χ0v) is 13.0. The molecule has 0 fully saturated rings. The molecule has 2 aromatic rings. The molecule has 2 rings (SSSR count). The number of imidazole rings is 2. The number of nitrogens with two attached hydrogens (primary N) is 2. The van der Waals surface area contributed by atoms with Crippen molar-refractivity contribution in [3.8, 4) is 11.5 Å². The molecule has 0 saturated heterocycles. The van der Waals surface area contributed by atoms with E-state index < -0.39 is 0 Å². The molecule has 2 aromatic heterocycles. The summed E-state index contributed by atoms with van der Waals surface area (Å²) in [5.74, 6) is 2.08. The summed E-state index contributed by atoms with van der Waals surface area (Å²) in [6.07, 6.45) is 6.65. The van der Waals surface area contributed by atoms with Crippen molar-refractivity contribution in [3.05, 3.63) is 23.9 Å². The first-order chi connectivity index (χ1) is 10.2. The lowest BCUT2D eigenvalue weighted by molar-refractivity contribution is 0.613. The Labute approximate surface area is 126 Å². The quantitative estimate of drug-likeness (QED) is 0.767. The van der Waals surface area contributed by atoms with Gasteiger partial charge in [0.05, 0.1) is 5.69 Å². The molecule has 0 atom stereocenters. The van der Waals surface area contributed by atoms with E-state index in [4.69, 9.17) is 16.5 Å². The molecule has 6 heteroatoms. The van der Waals surface area contributed by atoms with Gasteiger partial charge in [0.1, 0.15) is 11.5 Å². The Bertz CT molecular complexity index is 569. The predicted octanol–water partition coefficient (Wildman–Crippen LogP) is 1.32. The van der Waals surface area contributed by atoms with Crippen molar-refractivity contribution in [3.63, 3.8) is 0 Å². The Morgan fingerprint density at radius 2 is 1.86 bits per heavy atom. The van der Waals surface area contributed by atoms with Crippen molar-refractivity contribution in [2.24, 2.45) is 11.5 Å². The molecular weight excluding hydrogens is 264 g/mol. The van der Waals surface area contributed by atoms with Gasteiger partial charge in [0.25, 0.3) is 0 Å². The first-order valence-corrected chi connectivity index (χ1v) is 7.70. The molecule has 0 aliphatic heterocycles. The monoisotopic (exact) mass is 290 g/mol. The summed E-state index contributed by atoms with van der Waals surface area (Å²) < 4.78 is 4.43. The van der Waals surface area contributed by atoms with Crippen molar-refractivity contribution in [1.82, 2.24) is 19.1 Å². The predicted molar refractivity (Wildman–Crippen MR) is 84.9 cm³/mol. The van der Waals surface area contributed by atoms with E-state index in [9.17, 15) is 0 Å². The molecule has 0 radical (unpaired) electrons. The van der Waals surface area contributed by atoms with E-state index in [1.54, 1.807) is 0 Å². The van der Waals surface area contributed by atoms with Gasteiger partial charge in [-0.2, -0.15) is 0 Å². The van der Waals surface area contributed by atoms with Gasteiger partial charge in [0.2, 0.25) is 0 Å². The summed E-state index contributed by atoms with van der Waals surface area (Å²) in [5, 5.41) is 0. The fourth-order valence-electron chi connectivity index (χ4n) is 2.64. The lowest BCUT2D eigenvalue weighted by Gasteiger charge is -2.13. The molecule has 0 aliphatic carbocycles. The maximum atomic E-state index is 5.67. The number of aromatic nitrogens is 4. The van der Waals surface area contributed by atoms with E-state index in [0.29, 0.717) is 13.1 Å². The Morgan fingerprint density at radius 1 is 1.14 bits per heavy atom. The van der Waals surface area contributed by atoms with Gasteiger partial charge in [-0.1, -0.05) is 6.92 Å². The van der Waals surface area contributed by atoms with Gasteiger partial charge < -0.3 is 20.6 Å². The van der Waals surface area contributed by atoms with Gasteiger partial charge in [0.15, 0.2) is 5.82 Å². The molecular formula is C15H26N6. The van der Waals surface area contributed by atoms with Crippen LogP contribution in [-0.4, -0.2) is 32.2 Å². The topological polar surface area (TPSA) is 87.7 Å². The molecule has 0 aliphatic rings. The molecule has 2 heterocycles. The van der Waals surface area contributed by atoms with E-state index in [-0.39, 0.29) is 0 Å². The third kappa shape index (κ3) is 3.33. The van der Waals surface area contributed by atoms with Crippen LogP contribution >= 0.6 is 0 Å². The summed E-state index contributed by atoms with van der Waals surface area (Å²) in [7, 11) is 0. The third-order valence-electron chi connectivity index (χ3n) is 3.65. The Hall–Kier alpha value is -1.66. The number of rotatable bonds is 8. The average Bonchev–Trinajstić information content (AvgIpc) is 3.06. The first kappa shape index (κ1) is 15.7. The third-order valence-corrected chi connectivity index (χ3v) is 3.65. The lowest BCUT2D eigenvalue weighted by atomic mass is 10.3. The highest BCUT2D eigenvalue weighted by molar-refractivity contribution is 5.55. The van der Waals surface area contributed by atoms with E-state index in [1.807, 2.05) is 12.4 Å². The lowest BCUT2D eigenvalue weighted by Crippen LogP contribution is -2.12. The standard InChI is InChI=1S/C15H26N6/c1-3-13-19-12(2)14(21(13)10-5-7-17)15-18-8-11-20(15)9-4-6-16/h8,11H,3-7,9-10,16-17H2,1-2H3. The molecule has 4 N–H and O–H groups in total. The zero-order chi connectivity index (χ0) is 15.2. The second kappa shape index (κ2) is 7.38. The normalized spacial score (nSPS) is 11.2. The summed E-state index contributed by atoms with van der Waals surface area (Å²) in [4.78, 5) is 9.25. The van der Waals surface area contributed by atoms with Crippen LogP contribution in [0.25, 0.3) is 11.5 Å². The molecule has 21 heavy (non-hydrogen) atoms. The van der Waals surface area contributed by atoms with Crippen LogP contribution in [0, 0.1) is 6.92 Å². The highest BCUT2D eigenvalue weighted by atomic mass is 15.2. The van der Waals surface area contributed by atoms with Crippen molar-refractivity contribution >= 4 is 0 Å². The fraction of sp³-hybridized carbons (Fsp3) is 0.600. The van der Waals surface area contributed by atoms with Gasteiger partial charge in [-0.15, -0.1) is 0 Å². The van der Waals surface area contributed by atoms with Crippen LogP contribution in [-0.2, 0) is 19.5 Å². The Balaban J connectivity index is 2.42. The van der Waals surface area contributed by atoms with Crippen molar-refractivity contribution in [1.29, 1.82) is 0 Å². The van der Waals surface area contributed by atoms with Crippen LogP contribution < -0.4 is 11.5 Å². The molecule has 0 saturated carbocycles. The van der Waals surface area contributed by atoms with Crippen LogP contribution in [0.2, 0.25) is 0 Å². The van der Waals surface area contributed by atoms with Gasteiger partial charge in [-0.05, 0) is 32.9 Å². The van der Waals surface area contributed by atoms with Gasteiger partial charge in [-0.25, -0.2) is 9.97 Å². The maximum absolute atomic E-state index is 5.67. The van der Waals surface area contributed by atoms with Crippen LogP contribution in [0.3, 0.4) is 0 Å². The van der Waals surface area contributed by atoms with Crippen LogP contribution in [0.1, 0.15) is 31.3 Å². The zero-order valence-electron chi connectivity index (χ0n) is 13.0. The van der Waals surface area contributed by atoms with Crippen LogP contribution in [0.4, 0.5) is 0 Å². The Kier molecular flexibility index (Phi) is 5.52. The molecule has 0 spiro atoms. The summed E-state index contributed by atoms with van der Waals surface area (Å²) in [5.41, 5.74) is 13.4. The first-order valence-electron chi connectivity index (χ1n) is 7.70. The van der Waals surface area contributed by atoms with Gasteiger partial charge in [-0.3, -0.25) is 0 Å². The van der Waals surface area contributed by atoms with E-state index in [0.717, 1.165) is 55.4 Å². The average molecular weight is 290 g/mol. The minimum absolute atomic E-state index is 0.682. The minimum atomic E-state index is 0.682. The number of nitrogens with zero attached hydrogens (tertiary/aromatic N) is 4. The van der Waals surface area contributed by atoms with E-state index in [2.05, 4.69) is 28.0 Å². The maximum Gasteiger partial charge on any atom is 0.158 e. The smallest absolute Gasteiger partial charge is 0.158 e. The minimum Gasteiger partial charge on any atom is -0.330 e. The summed E-state index contributed by atoms with van der Waals surface area (Å²) >= 11 is 0. The van der Waals surface area contributed by atoms with Crippen molar-refractivity contribution in [2.45, 2.75) is 46.2 Å². The molecule has 0 unspecified atom stereocenters. The summed E-state index contributed by atoms with van der Waals surface area (Å²) in [6.45, 7) is 7.32.